The first kappa shape index (κ1) is 18.2. The summed E-state index contributed by atoms with van der Waals surface area (Å²) in [6.45, 7) is 0. The second-order valence-corrected chi connectivity index (χ2v) is 6.82. The second-order valence-electron chi connectivity index (χ2n) is 5.97. The van der Waals surface area contributed by atoms with Gasteiger partial charge < -0.3 is 0 Å². The lowest BCUT2D eigenvalue weighted by Gasteiger charge is -2.01. The molecule has 0 aliphatic carbocycles. The maximum Gasteiger partial charge on any atom is 0.299 e. The van der Waals surface area contributed by atoms with E-state index in [0.717, 1.165) is 5.56 Å². The van der Waals surface area contributed by atoms with Crippen molar-refractivity contribution in [2.24, 2.45) is 10.2 Å². The fraction of sp³-hybridized carbons (Fsp3) is 0. The number of halogens is 2. The van der Waals surface area contributed by atoms with Gasteiger partial charge in [-0.1, -0.05) is 71.7 Å². The summed E-state index contributed by atoms with van der Waals surface area (Å²) in [6.07, 6.45) is 0. The smallest absolute Gasteiger partial charge is 0.288 e. The molecule has 0 atom stereocenters. The molecule has 0 saturated carbocycles. The highest BCUT2D eigenvalue weighted by Gasteiger charge is 2.17. The third-order valence-electron chi connectivity index (χ3n) is 4.11. The number of azo groups is 1. The molecule has 138 valence electrons. The lowest BCUT2D eigenvalue weighted by atomic mass is 10.1. The maximum atomic E-state index is 13.0. The van der Waals surface area contributed by atoms with Crippen molar-refractivity contribution in [3.05, 3.63) is 99.3 Å². The van der Waals surface area contributed by atoms with Crippen molar-refractivity contribution in [1.29, 1.82) is 0 Å². The standard InChI is InChI=1S/C21H14Cl2N4O/c22-15-11-12-18(17(23)13-15)24-25-20-19(14-7-3-1-4-8-14)26-27(21(20)28)16-9-5-2-6-10-16/h1-13,26H. The highest BCUT2D eigenvalue weighted by Crippen LogP contribution is 2.31. The molecule has 1 heterocycles. The molecular formula is C21H14Cl2N4O. The summed E-state index contributed by atoms with van der Waals surface area (Å²) in [7, 11) is 0. The molecular weight excluding hydrogens is 395 g/mol. The summed E-state index contributed by atoms with van der Waals surface area (Å²) in [6, 6.07) is 23.7. The van der Waals surface area contributed by atoms with Crippen molar-refractivity contribution in [1.82, 2.24) is 9.78 Å². The average Bonchev–Trinajstić information content (AvgIpc) is 3.05. The number of nitrogens with zero attached hydrogens (tertiary/aromatic N) is 3. The number of para-hydroxylation sites is 1. The third kappa shape index (κ3) is 3.63. The first-order chi connectivity index (χ1) is 13.6. The SMILES string of the molecule is O=c1c(N=Nc2ccc(Cl)cc2Cl)c(-c2ccccc2)[nH]n1-c1ccccc1. The first-order valence-electron chi connectivity index (χ1n) is 8.46. The quantitative estimate of drug-likeness (QED) is 0.382. The van der Waals surface area contributed by atoms with Crippen LogP contribution < -0.4 is 5.56 Å². The summed E-state index contributed by atoms with van der Waals surface area (Å²) in [5.41, 5.74) is 2.42. The van der Waals surface area contributed by atoms with Gasteiger partial charge in [0.05, 0.1) is 16.4 Å². The Bertz CT molecular complexity index is 1200. The van der Waals surface area contributed by atoms with Crippen molar-refractivity contribution in [2.75, 3.05) is 0 Å². The van der Waals surface area contributed by atoms with E-state index < -0.39 is 0 Å². The van der Waals surface area contributed by atoms with Crippen LogP contribution in [0, 0.1) is 0 Å². The predicted octanol–water partition coefficient (Wildman–Crippen LogP) is 6.55. The van der Waals surface area contributed by atoms with Gasteiger partial charge in [-0.3, -0.25) is 9.89 Å². The Labute approximate surface area is 170 Å². The largest absolute Gasteiger partial charge is 0.299 e. The molecule has 0 spiro atoms. The molecule has 4 aromatic rings. The van der Waals surface area contributed by atoms with E-state index in [2.05, 4.69) is 15.3 Å². The molecule has 3 aromatic carbocycles. The van der Waals surface area contributed by atoms with Gasteiger partial charge in [0.15, 0.2) is 5.69 Å². The molecule has 0 radical (unpaired) electrons. The number of hydrogen-bond donors (Lipinski definition) is 1. The molecule has 0 bridgehead atoms. The van der Waals surface area contributed by atoms with Crippen molar-refractivity contribution < 1.29 is 0 Å². The van der Waals surface area contributed by atoms with Crippen LogP contribution in [0.5, 0.6) is 0 Å². The van der Waals surface area contributed by atoms with Gasteiger partial charge in [0.1, 0.15) is 5.69 Å². The van der Waals surface area contributed by atoms with Gasteiger partial charge in [-0.25, -0.2) is 4.68 Å². The van der Waals surface area contributed by atoms with Crippen molar-refractivity contribution in [2.45, 2.75) is 0 Å². The lowest BCUT2D eigenvalue weighted by Crippen LogP contribution is -2.13. The molecule has 1 N–H and O–H groups in total. The van der Waals surface area contributed by atoms with Crippen LogP contribution in [0.1, 0.15) is 0 Å². The van der Waals surface area contributed by atoms with E-state index in [-0.39, 0.29) is 11.2 Å². The highest BCUT2D eigenvalue weighted by atomic mass is 35.5. The Morgan fingerprint density at radius 1 is 0.821 bits per heavy atom. The van der Waals surface area contributed by atoms with Crippen LogP contribution in [0.3, 0.4) is 0 Å². The Hall–Kier alpha value is -3.15. The van der Waals surface area contributed by atoms with Gasteiger partial charge >= 0.3 is 0 Å². The Morgan fingerprint density at radius 3 is 2.18 bits per heavy atom. The monoisotopic (exact) mass is 408 g/mol. The molecule has 1 aromatic heterocycles. The molecule has 28 heavy (non-hydrogen) atoms. The minimum Gasteiger partial charge on any atom is -0.288 e. The molecule has 0 unspecified atom stereocenters. The molecule has 0 saturated heterocycles. The van der Waals surface area contributed by atoms with Crippen LogP contribution in [-0.4, -0.2) is 9.78 Å². The van der Waals surface area contributed by atoms with Crippen LogP contribution >= 0.6 is 23.2 Å². The lowest BCUT2D eigenvalue weighted by molar-refractivity contribution is 0.852. The van der Waals surface area contributed by atoms with Crippen LogP contribution in [-0.2, 0) is 0 Å². The van der Waals surface area contributed by atoms with Gasteiger partial charge in [0.25, 0.3) is 5.56 Å². The molecule has 0 amide bonds. The normalized spacial score (nSPS) is 11.2. The molecule has 0 aliphatic heterocycles. The van der Waals surface area contributed by atoms with Gasteiger partial charge in [-0.2, -0.15) is 0 Å². The summed E-state index contributed by atoms with van der Waals surface area (Å²) in [5, 5.41) is 12.4. The Balaban J connectivity index is 1.86. The molecule has 0 fully saturated rings. The maximum absolute atomic E-state index is 13.0. The fourth-order valence-electron chi connectivity index (χ4n) is 2.75. The van der Waals surface area contributed by atoms with Gasteiger partial charge in [0, 0.05) is 10.6 Å². The van der Waals surface area contributed by atoms with Gasteiger partial charge in [-0.15, -0.1) is 10.2 Å². The topological polar surface area (TPSA) is 62.5 Å². The number of rotatable bonds is 4. The van der Waals surface area contributed by atoms with Crippen LogP contribution in [0.25, 0.3) is 16.9 Å². The molecule has 4 rings (SSSR count). The number of nitrogens with one attached hydrogen (secondary N) is 1. The Morgan fingerprint density at radius 2 is 1.50 bits per heavy atom. The minimum atomic E-state index is -0.307. The zero-order valence-electron chi connectivity index (χ0n) is 14.5. The summed E-state index contributed by atoms with van der Waals surface area (Å²) >= 11 is 12.1. The van der Waals surface area contributed by atoms with E-state index in [0.29, 0.717) is 27.1 Å². The molecule has 5 nitrogen and oxygen atoms in total. The van der Waals surface area contributed by atoms with E-state index in [1.165, 1.54) is 4.68 Å². The molecule has 0 aliphatic rings. The first-order valence-corrected chi connectivity index (χ1v) is 9.22. The van der Waals surface area contributed by atoms with E-state index in [9.17, 15) is 4.79 Å². The summed E-state index contributed by atoms with van der Waals surface area (Å²) < 4.78 is 1.44. The van der Waals surface area contributed by atoms with Gasteiger partial charge in [0.2, 0.25) is 0 Å². The number of H-pyrrole nitrogens is 1. The van der Waals surface area contributed by atoms with Crippen molar-refractivity contribution >= 4 is 34.6 Å². The predicted molar refractivity (Wildman–Crippen MR) is 112 cm³/mol. The van der Waals surface area contributed by atoms with E-state index in [1.807, 2.05) is 60.7 Å². The zero-order chi connectivity index (χ0) is 19.5. The van der Waals surface area contributed by atoms with Crippen LogP contribution in [0.15, 0.2) is 93.9 Å². The van der Waals surface area contributed by atoms with E-state index >= 15 is 0 Å². The average molecular weight is 409 g/mol. The fourth-order valence-corrected chi connectivity index (χ4v) is 3.20. The van der Waals surface area contributed by atoms with E-state index in [4.69, 9.17) is 23.2 Å². The van der Waals surface area contributed by atoms with Crippen LogP contribution in [0.4, 0.5) is 11.4 Å². The number of hydrogen-bond acceptors (Lipinski definition) is 3. The van der Waals surface area contributed by atoms with Gasteiger partial charge in [-0.05, 0) is 30.3 Å². The van der Waals surface area contributed by atoms with E-state index in [1.54, 1.807) is 18.2 Å². The van der Waals surface area contributed by atoms with Crippen molar-refractivity contribution in [3.63, 3.8) is 0 Å². The third-order valence-corrected chi connectivity index (χ3v) is 4.65. The number of benzene rings is 3. The number of aromatic amines is 1. The minimum absolute atomic E-state index is 0.195. The van der Waals surface area contributed by atoms with Crippen molar-refractivity contribution in [3.8, 4) is 16.9 Å². The summed E-state index contributed by atoms with van der Waals surface area (Å²) in [4.78, 5) is 13.0. The zero-order valence-corrected chi connectivity index (χ0v) is 16.0. The number of aromatic nitrogens is 2. The Kier molecular flexibility index (Phi) is 5.10. The van der Waals surface area contributed by atoms with Crippen LogP contribution in [0.2, 0.25) is 10.0 Å². The highest BCUT2D eigenvalue weighted by molar-refractivity contribution is 6.36. The molecule has 7 heteroatoms. The second kappa shape index (κ2) is 7.84. The summed E-state index contributed by atoms with van der Waals surface area (Å²) in [5.74, 6) is 0.